The number of carbonyl (C=O) groups excluding carboxylic acids is 1. The number of benzene rings is 1. The van der Waals surface area contributed by atoms with Gasteiger partial charge in [0.25, 0.3) is 0 Å². The Labute approximate surface area is 130 Å². The van der Waals surface area contributed by atoms with Crippen LogP contribution in [-0.2, 0) is 0 Å². The molecular weight excluding hydrogens is 282 g/mol. The Morgan fingerprint density at radius 3 is 2.52 bits per heavy atom. The Hall–Kier alpha value is -1.36. The maximum atomic E-state index is 12.2. The number of likely N-dealkylation sites (tertiary alicyclic amines) is 1. The molecule has 3 rings (SSSR count). The third kappa shape index (κ3) is 3.46. The number of rotatable bonds is 2. The standard InChI is InChI=1S/C16H23N3OS/c1-13-12-14(18-8-10-21-11-9-18)4-5-15(13)17-16(20)19-6-2-3-7-19/h4-5,12H,2-3,6-11H2,1H3,(H,17,20). The van der Waals surface area contributed by atoms with E-state index < -0.39 is 0 Å². The van der Waals surface area contributed by atoms with Crippen LogP contribution in [0.2, 0.25) is 0 Å². The molecule has 0 aliphatic carbocycles. The molecule has 0 unspecified atom stereocenters. The van der Waals surface area contributed by atoms with E-state index >= 15 is 0 Å². The zero-order chi connectivity index (χ0) is 14.7. The third-order valence-electron chi connectivity index (χ3n) is 4.22. The van der Waals surface area contributed by atoms with Crippen LogP contribution in [0.1, 0.15) is 18.4 Å². The maximum Gasteiger partial charge on any atom is 0.321 e. The molecule has 2 saturated heterocycles. The van der Waals surface area contributed by atoms with Gasteiger partial charge in [-0.1, -0.05) is 0 Å². The number of nitrogens with one attached hydrogen (secondary N) is 1. The van der Waals surface area contributed by atoms with Gasteiger partial charge in [0, 0.05) is 49.1 Å². The molecule has 0 aromatic heterocycles. The number of amides is 2. The highest BCUT2D eigenvalue weighted by molar-refractivity contribution is 7.99. The van der Waals surface area contributed by atoms with Gasteiger partial charge in [-0.2, -0.15) is 11.8 Å². The molecule has 5 heteroatoms. The summed E-state index contributed by atoms with van der Waals surface area (Å²) in [5.74, 6) is 2.40. The van der Waals surface area contributed by atoms with Crippen molar-refractivity contribution in [3.63, 3.8) is 0 Å². The van der Waals surface area contributed by atoms with Crippen molar-refractivity contribution in [2.75, 3.05) is 47.9 Å². The molecule has 114 valence electrons. The van der Waals surface area contributed by atoms with Crippen molar-refractivity contribution >= 4 is 29.2 Å². The Bertz CT molecular complexity index is 508. The van der Waals surface area contributed by atoms with E-state index in [1.807, 2.05) is 22.7 Å². The summed E-state index contributed by atoms with van der Waals surface area (Å²) < 4.78 is 0. The van der Waals surface area contributed by atoms with E-state index in [1.54, 1.807) is 0 Å². The highest BCUT2D eigenvalue weighted by Gasteiger charge is 2.18. The summed E-state index contributed by atoms with van der Waals surface area (Å²) in [6, 6.07) is 6.40. The molecule has 1 N–H and O–H groups in total. The third-order valence-corrected chi connectivity index (χ3v) is 5.16. The van der Waals surface area contributed by atoms with Crippen molar-refractivity contribution in [1.29, 1.82) is 0 Å². The van der Waals surface area contributed by atoms with Crippen molar-refractivity contribution in [2.24, 2.45) is 0 Å². The molecule has 1 aromatic rings. The van der Waals surface area contributed by atoms with Crippen LogP contribution in [0.5, 0.6) is 0 Å². The number of aryl methyl sites for hydroxylation is 1. The van der Waals surface area contributed by atoms with E-state index in [2.05, 4.69) is 29.3 Å². The van der Waals surface area contributed by atoms with Crippen LogP contribution in [0.15, 0.2) is 18.2 Å². The number of nitrogens with zero attached hydrogens (tertiary/aromatic N) is 2. The van der Waals surface area contributed by atoms with Gasteiger partial charge >= 0.3 is 6.03 Å². The van der Waals surface area contributed by atoms with Crippen LogP contribution < -0.4 is 10.2 Å². The minimum atomic E-state index is 0.0396. The molecule has 1 aromatic carbocycles. The molecule has 0 atom stereocenters. The van der Waals surface area contributed by atoms with Crippen molar-refractivity contribution in [3.8, 4) is 0 Å². The second-order valence-corrected chi connectivity index (χ2v) is 6.95. The molecule has 4 nitrogen and oxygen atoms in total. The van der Waals surface area contributed by atoms with Crippen molar-refractivity contribution < 1.29 is 4.79 Å². The molecule has 21 heavy (non-hydrogen) atoms. The highest BCUT2D eigenvalue weighted by atomic mass is 32.2. The molecule has 2 heterocycles. The fraction of sp³-hybridized carbons (Fsp3) is 0.562. The summed E-state index contributed by atoms with van der Waals surface area (Å²) in [5.41, 5.74) is 3.34. The summed E-state index contributed by atoms with van der Waals surface area (Å²) in [7, 11) is 0. The molecule has 2 amide bonds. The van der Waals surface area contributed by atoms with Gasteiger partial charge in [0.1, 0.15) is 0 Å². The molecule has 2 fully saturated rings. The first-order valence-electron chi connectivity index (χ1n) is 7.73. The van der Waals surface area contributed by atoms with Gasteiger partial charge in [-0.15, -0.1) is 0 Å². The molecule has 0 radical (unpaired) electrons. The number of anilines is 2. The Morgan fingerprint density at radius 1 is 1.14 bits per heavy atom. The molecule has 0 saturated carbocycles. The number of carbonyl (C=O) groups is 1. The summed E-state index contributed by atoms with van der Waals surface area (Å²) in [6.07, 6.45) is 2.25. The van der Waals surface area contributed by atoms with Crippen LogP contribution in [0, 0.1) is 6.92 Å². The molecule has 2 aliphatic heterocycles. The minimum Gasteiger partial charge on any atom is -0.370 e. The average Bonchev–Trinajstić information content (AvgIpc) is 3.04. The monoisotopic (exact) mass is 305 g/mol. The normalized spacial score (nSPS) is 18.9. The lowest BCUT2D eigenvalue weighted by Gasteiger charge is -2.29. The zero-order valence-corrected chi connectivity index (χ0v) is 13.4. The van der Waals surface area contributed by atoms with Gasteiger partial charge in [-0.25, -0.2) is 4.79 Å². The number of urea groups is 1. The minimum absolute atomic E-state index is 0.0396. The fourth-order valence-electron chi connectivity index (χ4n) is 2.92. The first kappa shape index (κ1) is 14.6. The SMILES string of the molecule is Cc1cc(N2CCSCC2)ccc1NC(=O)N1CCCC1. The summed E-state index contributed by atoms with van der Waals surface area (Å²) in [5, 5.41) is 3.05. The van der Waals surface area contributed by atoms with Crippen molar-refractivity contribution in [3.05, 3.63) is 23.8 Å². The lowest BCUT2D eigenvalue weighted by molar-refractivity contribution is 0.222. The van der Waals surface area contributed by atoms with Gasteiger partial charge in [0.15, 0.2) is 0 Å². The summed E-state index contributed by atoms with van der Waals surface area (Å²) in [6.45, 7) is 6.07. The molecule has 0 spiro atoms. The topological polar surface area (TPSA) is 35.6 Å². The number of hydrogen-bond donors (Lipinski definition) is 1. The van der Waals surface area contributed by atoms with E-state index in [4.69, 9.17) is 0 Å². The second kappa shape index (κ2) is 6.60. The fourth-order valence-corrected chi connectivity index (χ4v) is 3.82. The van der Waals surface area contributed by atoms with Gasteiger partial charge < -0.3 is 15.1 Å². The first-order valence-corrected chi connectivity index (χ1v) is 8.89. The predicted octanol–water partition coefficient (Wildman–Crippen LogP) is 3.18. The van der Waals surface area contributed by atoms with Gasteiger partial charge in [0.2, 0.25) is 0 Å². The second-order valence-electron chi connectivity index (χ2n) is 5.72. The first-order chi connectivity index (χ1) is 10.2. The Balaban J connectivity index is 1.67. The van der Waals surface area contributed by atoms with Gasteiger partial charge in [-0.05, 0) is 43.5 Å². The summed E-state index contributed by atoms with van der Waals surface area (Å²) >= 11 is 2.02. The van der Waals surface area contributed by atoms with E-state index in [1.165, 1.54) is 17.2 Å². The van der Waals surface area contributed by atoms with Crippen LogP contribution in [-0.4, -0.2) is 48.6 Å². The lowest BCUT2D eigenvalue weighted by atomic mass is 10.1. The lowest BCUT2D eigenvalue weighted by Crippen LogP contribution is -2.33. The maximum absolute atomic E-state index is 12.2. The van der Waals surface area contributed by atoms with Crippen LogP contribution >= 0.6 is 11.8 Å². The van der Waals surface area contributed by atoms with E-state index in [9.17, 15) is 4.79 Å². The largest absolute Gasteiger partial charge is 0.370 e. The van der Waals surface area contributed by atoms with Crippen LogP contribution in [0.25, 0.3) is 0 Å². The zero-order valence-electron chi connectivity index (χ0n) is 12.6. The Morgan fingerprint density at radius 2 is 1.86 bits per heavy atom. The van der Waals surface area contributed by atoms with Gasteiger partial charge in [0.05, 0.1) is 0 Å². The van der Waals surface area contributed by atoms with Crippen LogP contribution in [0.4, 0.5) is 16.2 Å². The number of thioether (sulfide) groups is 1. The highest BCUT2D eigenvalue weighted by Crippen LogP contribution is 2.25. The van der Waals surface area contributed by atoms with Crippen LogP contribution in [0.3, 0.4) is 0 Å². The summed E-state index contributed by atoms with van der Waals surface area (Å²) in [4.78, 5) is 16.5. The van der Waals surface area contributed by atoms with E-state index in [0.717, 1.165) is 50.3 Å². The Kier molecular flexibility index (Phi) is 4.58. The number of hydrogen-bond acceptors (Lipinski definition) is 3. The molecule has 2 aliphatic rings. The molecular formula is C16H23N3OS. The van der Waals surface area contributed by atoms with Crippen molar-refractivity contribution in [1.82, 2.24) is 4.90 Å². The quantitative estimate of drug-likeness (QED) is 0.911. The van der Waals surface area contributed by atoms with Gasteiger partial charge in [-0.3, -0.25) is 0 Å². The average molecular weight is 305 g/mol. The predicted molar refractivity (Wildman–Crippen MR) is 90.5 cm³/mol. The smallest absolute Gasteiger partial charge is 0.321 e. The molecule has 0 bridgehead atoms. The van der Waals surface area contributed by atoms with Crippen molar-refractivity contribution in [2.45, 2.75) is 19.8 Å². The van der Waals surface area contributed by atoms with E-state index in [-0.39, 0.29) is 6.03 Å². The van der Waals surface area contributed by atoms with E-state index in [0.29, 0.717) is 0 Å².